The van der Waals surface area contributed by atoms with E-state index in [1.807, 2.05) is 37.3 Å². The first-order valence-corrected chi connectivity index (χ1v) is 7.97. The van der Waals surface area contributed by atoms with Crippen LogP contribution in [0.1, 0.15) is 25.0 Å². The van der Waals surface area contributed by atoms with E-state index in [0.717, 1.165) is 5.56 Å². The summed E-state index contributed by atoms with van der Waals surface area (Å²) in [4.78, 5) is 12.3. The lowest BCUT2D eigenvalue weighted by molar-refractivity contribution is -0.147. The summed E-state index contributed by atoms with van der Waals surface area (Å²) in [6, 6.07) is 14.7. The molecule has 2 aromatic rings. The lowest BCUT2D eigenvalue weighted by atomic mass is 9.83. The molecule has 0 aromatic heterocycles. The zero-order valence-corrected chi connectivity index (χ0v) is 14.8. The normalized spacial score (nSPS) is 12.6. The fourth-order valence-electron chi connectivity index (χ4n) is 2.48. The van der Waals surface area contributed by atoms with Gasteiger partial charge in [0, 0.05) is 5.56 Å². The van der Waals surface area contributed by atoms with Gasteiger partial charge in [-0.1, -0.05) is 30.3 Å². The molecule has 0 aliphatic rings. The van der Waals surface area contributed by atoms with Gasteiger partial charge in [-0.05, 0) is 38.5 Å². The van der Waals surface area contributed by atoms with Crippen molar-refractivity contribution < 1.29 is 19.0 Å². The van der Waals surface area contributed by atoms with Crippen LogP contribution >= 0.6 is 0 Å². The van der Waals surface area contributed by atoms with Crippen LogP contribution in [-0.2, 0) is 14.9 Å². The average molecular weight is 339 g/mol. The van der Waals surface area contributed by atoms with Crippen molar-refractivity contribution >= 4 is 5.97 Å². The molecule has 0 aliphatic carbocycles. The van der Waals surface area contributed by atoms with Crippen molar-refractivity contribution in [2.75, 3.05) is 13.7 Å². The number of methoxy groups -OCH3 is 1. The number of hydrogen-bond donors (Lipinski definition) is 0. The smallest absolute Gasteiger partial charge is 0.330 e. The van der Waals surface area contributed by atoms with Crippen LogP contribution in [-0.4, -0.2) is 19.7 Å². The summed E-state index contributed by atoms with van der Waals surface area (Å²) in [7, 11) is 1.48. The summed E-state index contributed by atoms with van der Waals surface area (Å²) in [5.41, 5.74) is -0.127. The summed E-state index contributed by atoms with van der Waals surface area (Å²) < 4.78 is 16.5. The van der Waals surface area contributed by atoms with Crippen molar-refractivity contribution in [2.45, 2.75) is 26.2 Å². The van der Waals surface area contributed by atoms with Gasteiger partial charge in [-0.15, -0.1) is 0 Å². The molecule has 0 radical (unpaired) electrons. The fourth-order valence-corrected chi connectivity index (χ4v) is 2.48. The lowest BCUT2D eigenvalue weighted by Crippen LogP contribution is -2.33. The van der Waals surface area contributed by atoms with E-state index in [-0.39, 0.29) is 6.61 Å². The quantitative estimate of drug-likeness (QED) is 0.740. The molecule has 0 aliphatic heterocycles. The molecule has 5 nitrogen and oxygen atoms in total. The number of hydrogen-bond acceptors (Lipinski definition) is 5. The van der Waals surface area contributed by atoms with Gasteiger partial charge in [0.15, 0.2) is 16.9 Å². The van der Waals surface area contributed by atoms with E-state index in [2.05, 4.69) is 0 Å². The lowest BCUT2D eigenvalue weighted by Gasteiger charge is -2.23. The highest BCUT2D eigenvalue weighted by molar-refractivity contribution is 5.87. The summed E-state index contributed by atoms with van der Waals surface area (Å²) in [5, 5.41) is 9.63. The Morgan fingerprint density at radius 3 is 2.44 bits per heavy atom. The Morgan fingerprint density at radius 1 is 1.16 bits per heavy atom. The van der Waals surface area contributed by atoms with Crippen LogP contribution in [0.2, 0.25) is 0 Å². The monoisotopic (exact) mass is 339 g/mol. The molecule has 1 atom stereocenters. The number of benzene rings is 2. The van der Waals surface area contributed by atoms with Gasteiger partial charge in [-0.2, -0.15) is 5.26 Å². The highest BCUT2D eigenvalue weighted by atomic mass is 16.5. The van der Waals surface area contributed by atoms with Gasteiger partial charge in [0.1, 0.15) is 5.75 Å². The molecule has 0 spiro atoms. The van der Waals surface area contributed by atoms with E-state index in [4.69, 9.17) is 14.2 Å². The number of nitriles is 1. The molecule has 0 fully saturated rings. The topological polar surface area (TPSA) is 68.6 Å². The molecular weight excluding hydrogens is 318 g/mol. The van der Waals surface area contributed by atoms with Crippen LogP contribution < -0.4 is 9.47 Å². The number of ether oxygens (including phenoxy) is 3. The van der Waals surface area contributed by atoms with Crippen LogP contribution in [0.4, 0.5) is 0 Å². The van der Waals surface area contributed by atoms with Crippen LogP contribution in [0.5, 0.6) is 17.2 Å². The van der Waals surface area contributed by atoms with Gasteiger partial charge in [0.25, 0.3) is 0 Å². The highest BCUT2D eigenvalue weighted by Gasteiger charge is 2.40. The Hall–Kier alpha value is -3.00. The highest BCUT2D eigenvalue weighted by Crippen LogP contribution is 2.41. The molecule has 130 valence electrons. The van der Waals surface area contributed by atoms with Gasteiger partial charge in [0.05, 0.1) is 19.8 Å². The van der Waals surface area contributed by atoms with E-state index in [1.165, 1.54) is 14.0 Å². The summed E-state index contributed by atoms with van der Waals surface area (Å²) in [6.45, 7) is 5.34. The van der Waals surface area contributed by atoms with E-state index in [1.54, 1.807) is 25.1 Å². The first kappa shape index (κ1) is 18.3. The number of carbonyl (C=O) groups is 1. The first-order chi connectivity index (χ1) is 12.0. The third-order valence-electron chi connectivity index (χ3n) is 3.94. The predicted molar refractivity (Wildman–Crippen MR) is 93.8 cm³/mol. The molecule has 2 rings (SSSR count). The van der Waals surface area contributed by atoms with Crippen LogP contribution in [0.3, 0.4) is 0 Å². The maximum atomic E-state index is 12.3. The van der Waals surface area contributed by atoms with Crippen molar-refractivity contribution in [3.63, 3.8) is 0 Å². The van der Waals surface area contributed by atoms with Gasteiger partial charge < -0.3 is 14.2 Å². The molecule has 0 bridgehead atoms. The summed E-state index contributed by atoms with van der Waals surface area (Å²) >= 11 is 0. The van der Waals surface area contributed by atoms with Gasteiger partial charge in [-0.3, -0.25) is 0 Å². The zero-order valence-electron chi connectivity index (χ0n) is 14.8. The molecule has 0 heterocycles. The molecule has 0 saturated heterocycles. The average Bonchev–Trinajstić information content (AvgIpc) is 2.63. The summed E-state index contributed by atoms with van der Waals surface area (Å²) in [6.07, 6.45) is 0. The van der Waals surface area contributed by atoms with E-state index < -0.39 is 11.4 Å². The van der Waals surface area contributed by atoms with Crippen molar-refractivity contribution in [1.29, 1.82) is 5.26 Å². The minimum Gasteiger partial charge on any atom is -0.492 e. The number of esters is 1. The van der Waals surface area contributed by atoms with Gasteiger partial charge >= 0.3 is 5.97 Å². The number of nitrogens with zero attached hydrogens (tertiary/aromatic N) is 1. The Bertz CT molecular complexity index is 810. The number of rotatable bonds is 6. The third-order valence-corrected chi connectivity index (χ3v) is 3.94. The van der Waals surface area contributed by atoms with Crippen molar-refractivity contribution in [3.8, 4) is 23.3 Å². The molecule has 1 unspecified atom stereocenters. The van der Waals surface area contributed by atoms with Crippen LogP contribution in [0.25, 0.3) is 0 Å². The Labute approximate surface area is 147 Å². The maximum absolute atomic E-state index is 12.3. The maximum Gasteiger partial charge on any atom is 0.330 e. The van der Waals surface area contributed by atoms with Gasteiger partial charge in [0.2, 0.25) is 0 Å². The Morgan fingerprint density at radius 2 is 1.84 bits per heavy atom. The van der Waals surface area contributed by atoms with E-state index in [0.29, 0.717) is 22.8 Å². The molecule has 2 aromatic carbocycles. The van der Waals surface area contributed by atoms with Crippen molar-refractivity contribution in [2.24, 2.45) is 0 Å². The molecular formula is C20H21NO4. The van der Waals surface area contributed by atoms with E-state index in [9.17, 15) is 10.1 Å². The van der Waals surface area contributed by atoms with Crippen molar-refractivity contribution in [3.05, 3.63) is 53.6 Å². The first-order valence-electron chi connectivity index (χ1n) is 7.97. The predicted octanol–water partition coefficient (Wildman–Crippen LogP) is 4.14. The second-order valence-electron chi connectivity index (χ2n) is 5.66. The molecule has 0 N–H and O–H groups in total. The zero-order chi connectivity index (χ0) is 18.4. The second kappa shape index (κ2) is 7.71. The number of para-hydroxylation sites is 2. The third kappa shape index (κ3) is 3.58. The van der Waals surface area contributed by atoms with Crippen LogP contribution in [0, 0.1) is 18.3 Å². The standard InChI is InChI=1S/C20H21NO4/c1-5-24-19(22)20(3,13-21)15-10-8-12-17(18(15)23-4)25-16-11-7-6-9-14(16)2/h6-12H,5H2,1-4H3. The SMILES string of the molecule is CCOC(=O)C(C)(C#N)c1cccc(Oc2ccccc2C)c1OC. The minimum absolute atomic E-state index is 0.192. The number of carbonyl (C=O) groups excluding carboxylic acids is 1. The van der Waals surface area contributed by atoms with E-state index >= 15 is 0 Å². The van der Waals surface area contributed by atoms with Crippen molar-refractivity contribution in [1.82, 2.24) is 0 Å². The number of aryl methyl sites for hydroxylation is 1. The minimum atomic E-state index is -1.49. The Balaban J connectivity index is 2.53. The largest absolute Gasteiger partial charge is 0.492 e. The molecule has 0 amide bonds. The summed E-state index contributed by atoms with van der Waals surface area (Å²) in [5.74, 6) is 0.819. The molecule has 25 heavy (non-hydrogen) atoms. The van der Waals surface area contributed by atoms with Gasteiger partial charge in [-0.25, -0.2) is 4.79 Å². The van der Waals surface area contributed by atoms with Crippen LogP contribution in [0.15, 0.2) is 42.5 Å². The molecule has 0 saturated carbocycles. The Kier molecular flexibility index (Phi) is 5.66. The molecule has 5 heteroatoms. The second-order valence-corrected chi connectivity index (χ2v) is 5.66. The fraction of sp³-hybridized carbons (Fsp3) is 0.300.